The first-order valence-corrected chi connectivity index (χ1v) is 8.64. The molecule has 1 N–H and O–H groups in total. The standard InChI is InChI=1S/C19H22N4O2/c1-19(2)12-23-10-9-22(18(25)15-7-8-17(24)21-20-15)11-16(23)13-5-3-4-6-14(13)19/h3-8,16H,9-12H2,1-2H3,(H,21,24). The summed E-state index contributed by atoms with van der Waals surface area (Å²) in [7, 11) is 0. The lowest BCUT2D eigenvalue weighted by atomic mass is 9.75. The van der Waals surface area contributed by atoms with Crippen molar-refractivity contribution in [2.45, 2.75) is 25.3 Å². The molecule has 6 nitrogen and oxygen atoms in total. The molecule has 2 aliphatic rings. The number of carbonyl (C=O) groups is 1. The number of fused-ring (bicyclic) bond motifs is 3. The molecule has 130 valence electrons. The maximum atomic E-state index is 12.7. The number of nitrogens with zero attached hydrogens (tertiary/aromatic N) is 3. The molecule has 1 unspecified atom stereocenters. The lowest BCUT2D eigenvalue weighted by Gasteiger charge is -2.49. The van der Waals surface area contributed by atoms with E-state index in [-0.39, 0.29) is 28.6 Å². The Bertz CT molecular complexity index is 853. The van der Waals surface area contributed by atoms with Gasteiger partial charge in [0.2, 0.25) is 0 Å². The number of hydrogen-bond acceptors (Lipinski definition) is 4. The van der Waals surface area contributed by atoms with E-state index in [2.05, 4.69) is 53.2 Å². The molecule has 4 rings (SSSR count). The molecule has 0 bridgehead atoms. The van der Waals surface area contributed by atoms with E-state index in [9.17, 15) is 9.59 Å². The van der Waals surface area contributed by atoms with Crippen molar-refractivity contribution >= 4 is 5.91 Å². The first kappa shape index (κ1) is 16.0. The van der Waals surface area contributed by atoms with Crippen LogP contribution in [0.1, 0.15) is 41.5 Å². The van der Waals surface area contributed by atoms with Gasteiger partial charge in [0.1, 0.15) is 5.69 Å². The predicted octanol–water partition coefficient (Wildman–Crippen LogP) is 1.56. The van der Waals surface area contributed by atoms with Crippen LogP contribution < -0.4 is 5.56 Å². The summed E-state index contributed by atoms with van der Waals surface area (Å²) in [5.41, 5.74) is 2.78. The number of piperazine rings is 1. The van der Waals surface area contributed by atoms with Gasteiger partial charge >= 0.3 is 0 Å². The number of aromatic nitrogens is 2. The van der Waals surface area contributed by atoms with Crippen LogP contribution in [-0.2, 0) is 5.41 Å². The minimum Gasteiger partial charge on any atom is -0.334 e. The average Bonchev–Trinajstić information content (AvgIpc) is 2.61. The van der Waals surface area contributed by atoms with Crippen molar-refractivity contribution in [1.29, 1.82) is 0 Å². The molecule has 0 aliphatic carbocycles. The van der Waals surface area contributed by atoms with Crippen molar-refractivity contribution in [3.8, 4) is 0 Å². The second kappa shape index (κ2) is 5.81. The van der Waals surface area contributed by atoms with Crippen LogP contribution in [0.2, 0.25) is 0 Å². The molecule has 0 saturated carbocycles. The molecule has 25 heavy (non-hydrogen) atoms. The molecule has 1 aromatic carbocycles. The molecule has 2 aliphatic heterocycles. The number of aromatic amines is 1. The lowest BCUT2D eigenvalue weighted by molar-refractivity contribution is 0.0354. The first-order chi connectivity index (χ1) is 12.0. The van der Waals surface area contributed by atoms with Crippen LogP contribution in [0, 0.1) is 0 Å². The summed E-state index contributed by atoms with van der Waals surface area (Å²) < 4.78 is 0. The van der Waals surface area contributed by atoms with Crippen LogP contribution in [0.4, 0.5) is 0 Å². The van der Waals surface area contributed by atoms with Crippen LogP contribution in [0.15, 0.2) is 41.2 Å². The third kappa shape index (κ3) is 2.76. The summed E-state index contributed by atoms with van der Waals surface area (Å²) in [4.78, 5) is 28.2. The summed E-state index contributed by atoms with van der Waals surface area (Å²) in [5, 5.41) is 6.22. The predicted molar refractivity (Wildman–Crippen MR) is 94.5 cm³/mol. The quantitative estimate of drug-likeness (QED) is 0.857. The van der Waals surface area contributed by atoms with Crippen LogP contribution in [0.3, 0.4) is 0 Å². The average molecular weight is 338 g/mol. The third-order valence-corrected chi connectivity index (χ3v) is 5.32. The molecule has 6 heteroatoms. The van der Waals surface area contributed by atoms with E-state index in [0.29, 0.717) is 13.1 Å². The van der Waals surface area contributed by atoms with Gasteiger partial charge in [-0.3, -0.25) is 14.5 Å². The van der Waals surface area contributed by atoms with Gasteiger partial charge in [-0.1, -0.05) is 38.1 Å². The highest BCUT2D eigenvalue weighted by atomic mass is 16.2. The summed E-state index contributed by atoms with van der Waals surface area (Å²) in [6.07, 6.45) is 0. The molecular weight excluding hydrogens is 316 g/mol. The Morgan fingerprint density at radius 3 is 2.76 bits per heavy atom. The van der Waals surface area contributed by atoms with Crippen LogP contribution >= 0.6 is 0 Å². The molecule has 1 amide bonds. The fraction of sp³-hybridized carbons (Fsp3) is 0.421. The summed E-state index contributed by atoms with van der Waals surface area (Å²) >= 11 is 0. The van der Waals surface area contributed by atoms with Crippen molar-refractivity contribution in [1.82, 2.24) is 20.0 Å². The number of H-pyrrole nitrogens is 1. The van der Waals surface area contributed by atoms with E-state index in [1.54, 1.807) is 0 Å². The zero-order chi connectivity index (χ0) is 17.6. The summed E-state index contributed by atoms with van der Waals surface area (Å²) in [6, 6.07) is 11.6. The van der Waals surface area contributed by atoms with Gasteiger partial charge in [0.05, 0.1) is 6.04 Å². The molecular formula is C19H22N4O2. The van der Waals surface area contributed by atoms with E-state index in [0.717, 1.165) is 13.1 Å². The van der Waals surface area contributed by atoms with Crippen LogP contribution in [-0.4, -0.2) is 52.1 Å². The second-order valence-electron chi connectivity index (χ2n) is 7.52. The number of amides is 1. The number of rotatable bonds is 1. The van der Waals surface area contributed by atoms with Crippen LogP contribution in [0.5, 0.6) is 0 Å². The number of benzene rings is 1. The Morgan fingerprint density at radius 2 is 2.00 bits per heavy atom. The van der Waals surface area contributed by atoms with E-state index >= 15 is 0 Å². The van der Waals surface area contributed by atoms with Crippen molar-refractivity contribution in [2.24, 2.45) is 0 Å². The van der Waals surface area contributed by atoms with Gasteiger partial charge in [0.25, 0.3) is 11.5 Å². The zero-order valence-electron chi connectivity index (χ0n) is 14.5. The van der Waals surface area contributed by atoms with E-state index < -0.39 is 0 Å². The van der Waals surface area contributed by atoms with Crippen molar-refractivity contribution in [3.63, 3.8) is 0 Å². The van der Waals surface area contributed by atoms with Gasteiger partial charge in [-0.2, -0.15) is 5.10 Å². The molecule has 3 heterocycles. The Kier molecular flexibility index (Phi) is 3.72. The van der Waals surface area contributed by atoms with E-state index in [1.807, 2.05) is 4.90 Å². The van der Waals surface area contributed by atoms with Crippen molar-refractivity contribution in [3.05, 3.63) is 63.6 Å². The number of carbonyl (C=O) groups excluding carboxylic acids is 1. The third-order valence-electron chi connectivity index (χ3n) is 5.32. The highest BCUT2D eigenvalue weighted by molar-refractivity contribution is 5.92. The minimum atomic E-state index is -0.301. The molecule has 0 spiro atoms. The van der Waals surface area contributed by atoms with Crippen molar-refractivity contribution < 1.29 is 4.79 Å². The zero-order valence-corrected chi connectivity index (χ0v) is 14.5. The van der Waals surface area contributed by atoms with E-state index in [1.165, 1.54) is 23.3 Å². The Morgan fingerprint density at radius 1 is 1.20 bits per heavy atom. The fourth-order valence-electron chi connectivity index (χ4n) is 4.11. The maximum Gasteiger partial charge on any atom is 0.274 e. The Hall–Kier alpha value is -2.47. The van der Waals surface area contributed by atoms with Gasteiger partial charge in [-0.25, -0.2) is 5.10 Å². The smallest absolute Gasteiger partial charge is 0.274 e. The Labute approximate surface area is 146 Å². The van der Waals surface area contributed by atoms with Gasteiger partial charge in [-0.15, -0.1) is 0 Å². The van der Waals surface area contributed by atoms with Gasteiger partial charge < -0.3 is 4.90 Å². The molecule has 1 fully saturated rings. The Balaban J connectivity index is 1.63. The van der Waals surface area contributed by atoms with Gasteiger partial charge in [0.15, 0.2) is 0 Å². The van der Waals surface area contributed by atoms with Gasteiger partial charge in [-0.05, 0) is 17.2 Å². The van der Waals surface area contributed by atoms with Gasteiger partial charge in [0, 0.05) is 37.7 Å². The van der Waals surface area contributed by atoms with Crippen molar-refractivity contribution in [2.75, 3.05) is 26.2 Å². The SMILES string of the molecule is CC1(C)CN2CCN(C(=O)c3ccc(=O)[nH]n3)CC2c2ccccc21. The first-order valence-electron chi connectivity index (χ1n) is 8.64. The molecule has 1 aromatic heterocycles. The number of hydrogen-bond donors (Lipinski definition) is 1. The molecule has 1 saturated heterocycles. The monoisotopic (exact) mass is 338 g/mol. The maximum absolute atomic E-state index is 12.7. The molecule has 0 radical (unpaired) electrons. The topological polar surface area (TPSA) is 69.3 Å². The highest BCUT2D eigenvalue weighted by Gasteiger charge is 2.41. The minimum absolute atomic E-state index is 0.111. The summed E-state index contributed by atoms with van der Waals surface area (Å²) in [5.74, 6) is -0.127. The summed E-state index contributed by atoms with van der Waals surface area (Å²) in [6.45, 7) is 7.72. The van der Waals surface area contributed by atoms with Crippen LogP contribution in [0.25, 0.3) is 0 Å². The normalized spacial score (nSPS) is 22.2. The largest absolute Gasteiger partial charge is 0.334 e. The number of nitrogens with one attached hydrogen (secondary N) is 1. The lowest BCUT2D eigenvalue weighted by Crippen LogP contribution is -2.56. The fourth-order valence-corrected chi connectivity index (χ4v) is 4.11. The second-order valence-corrected chi connectivity index (χ2v) is 7.52. The molecule has 1 atom stereocenters. The van der Waals surface area contributed by atoms with E-state index in [4.69, 9.17) is 0 Å². The molecule has 2 aromatic rings. The highest BCUT2D eigenvalue weighted by Crippen LogP contribution is 2.41.